The minimum absolute atomic E-state index is 0.176. The molecule has 1 rings (SSSR count). The number of carbonyl (C=O) groups is 3. The van der Waals surface area contributed by atoms with E-state index < -0.39 is 23.9 Å². The third-order valence-corrected chi connectivity index (χ3v) is 2.69. The molecule has 0 unspecified atom stereocenters. The Bertz CT molecular complexity index is 579. The normalized spacial score (nSPS) is 16.1. The Kier molecular flexibility index (Phi) is 5.12. The summed E-state index contributed by atoms with van der Waals surface area (Å²) >= 11 is 0. The summed E-state index contributed by atoms with van der Waals surface area (Å²) in [5.41, 5.74) is -1.13. The van der Waals surface area contributed by atoms with Gasteiger partial charge in [-0.2, -0.15) is 0 Å². The molecule has 0 aromatic carbocycles. The smallest absolute Gasteiger partial charge is 0.339 e. The van der Waals surface area contributed by atoms with E-state index in [4.69, 9.17) is 0 Å². The Labute approximate surface area is 120 Å². The highest BCUT2D eigenvalue weighted by Gasteiger charge is 2.38. The molecule has 114 valence electrons. The minimum Gasteiger partial charge on any atom is -0.481 e. The Morgan fingerprint density at radius 3 is 1.71 bits per heavy atom. The first-order chi connectivity index (χ1) is 9.92. The van der Waals surface area contributed by atoms with Gasteiger partial charge in [0.2, 0.25) is 0 Å². The first-order valence-corrected chi connectivity index (χ1v) is 5.61. The second kappa shape index (κ2) is 6.60. The third-order valence-electron chi connectivity index (χ3n) is 2.69. The summed E-state index contributed by atoms with van der Waals surface area (Å²) in [6.07, 6.45) is 1.09. The molecule has 1 N–H and O–H groups in total. The van der Waals surface area contributed by atoms with Gasteiger partial charge in [0.1, 0.15) is 0 Å². The zero-order valence-electron chi connectivity index (χ0n) is 11.9. The summed E-state index contributed by atoms with van der Waals surface area (Å²) in [7, 11) is 4.42. The zero-order chi connectivity index (χ0) is 16.2. The van der Waals surface area contributed by atoms with E-state index in [0.29, 0.717) is 0 Å². The fourth-order valence-corrected chi connectivity index (χ4v) is 1.74. The molecule has 8 heteroatoms. The molecule has 0 aliphatic heterocycles. The van der Waals surface area contributed by atoms with Crippen molar-refractivity contribution in [2.75, 3.05) is 28.4 Å². The number of carbonyl (C=O) groups excluding carboxylic acids is 3. The molecule has 0 spiro atoms. The topological polar surface area (TPSA) is 108 Å². The summed E-state index contributed by atoms with van der Waals surface area (Å²) in [6.45, 7) is 0. The van der Waals surface area contributed by atoms with Crippen molar-refractivity contribution in [1.29, 1.82) is 0 Å². The van der Waals surface area contributed by atoms with Crippen LogP contribution in [0.15, 0.2) is 34.3 Å². The molecule has 0 aromatic heterocycles. The molecule has 0 aromatic rings. The van der Waals surface area contributed by atoms with Crippen molar-refractivity contribution in [3.05, 3.63) is 34.3 Å². The molecule has 0 radical (unpaired) electrons. The molecular formula is C13H14O8. The number of ether oxygens (including phenoxy) is 4. The Morgan fingerprint density at radius 2 is 1.29 bits per heavy atom. The van der Waals surface area contributed by atoms with Crippen molar-refractivity contribution in [3.63, 3.8) is 0 Å². The van der Waals surface area contributed by atoms with Crippen molar-refractivity contribution < 1.29 is 38.4 Å². The van der Waals surface area contributed by atoms with Gasteiger partial charge < -0.3 is 24.1 Å². The van der Waals surface area contributed by atoms with Crippen molar-refractivity contribution in [2.45, 2.75) is 0 Å². The molecule has 0 fully saturated rings. The highest BCUT2D eigenvalue weighted by molar-refractivity contribution is 6.16. The molecule has 21 heavy (non-hydrogen) atoms. The van der Waals surface area contributed by atoms with Crippen LogP contribution in [0.3, 0.4) is 0 Å². The number of esters is 3. The largest absolute Gasteiger partial charge is 0.481 e. The van der Waals surface area contributed by atoms with Crippen LogP contribution in [-0.4, -0.2) is 51.5 Å². The predicted octanol–water partition coefficient (Wildman–Crippen LogP) is 0.158. The Morgan fingerprint density at radius 1 is 0.810 bits per heavy atom. The molecule has 0 bridgehead atoms. The van der Waals surface area contributed by atoms with Gasteiger partial charge in [0.25, 0.3) is 5.95 Å². The minimum atomic E-state index is -0.953. The molecule has 8 nitrogen and oxygen atoms in total. The lowest BCUT2D eigenvalue weighted by atomic mass is 10.0. The maximum absolute atomic E-state index is 11.9. The van der Waals surface area contributed by atoms with E-state index in [9.17, 15) is 19.5 Å². The van der Waals surface area contributed by atoms with Crippen LogP contribution in [0.2, 0.25) is 0 Å². The standard InChI is InChI=1S/C13H14O8/c1-18-10(14)6-5-7(11(15)19-2)9(13(17)21-4)8(6)12(16)20-3/h5,14H,1-4H3/b10-6+. The second-order valence-electron chi connectivity index (χ2n) is 3.71. The zero-order valence-corrected chi connectivity index (χ0v) is 11.9. The number of aliphatic hydroxyl groups is 1. The number of rotatable bonds is 4. The van der Waals surface area contributed by atoms with Gasteiger partial charge in [-0.3, -0.25) is 0 Å². The summed E-state index contributed by atoms with van der Waals surface area (Å²) in [5, 5.41) is 9.68. The maximum Gasteiger partial charge on any atom is 0.339 e. The summed E-state index contributed by atoms with van der Waals surface area (Å²) in [6, 6.07) is 0. The van der Waals surface area contributed by atoms with Crippen LogP contribution in [-0.2, 0) is 33.3 Å². The van der Waals surface area contributed by atoms with Gasteiger partial charge in [0.05, 0.1) is 50.7 Å². The van der Waals surface area contributed by atoms with Crippen LogP contribution < -0.4 is 0 Å². The number of aliphatic hydroxyl groups excluding tert-OH is 1. The van der Waals surface area contributed by atoms with E-state index in [1.165, 1.54) is 0 Å². The highest BCUT2D eigenvalue weighted by atomic mass is 16.6. The monoisotopic (exact) mass is 298 g/mol. The second-order valence-corrected chi connectivity index (χ2v) is 3.71. The van der Waals surface area contributed by atoms with Crippen LogP contribution in [0.5, 0.6) is 0 Å². The van der Waals surface area contributed by atoms with Crippen molar-refractivity contribution >= 4 is 17.9 Å². The number of allylic oxidation sites excluding steroid dienone is 1. The van der Waals surface area contributed by atoms with E-state index >= 15 is 0 Å². The van der Waals surface area contributed by atoms with Gasteiger partial charge in [-0.25, -0.2) is 14.4 Å². The molecule has 0 amide bonds. The van der Waals surface area contributed by atoms with Gasteiger partial charge in [-0.1, -0.05) is 0 Å². The van der Waals surface area contributed by atoms with Crippen LogP contribution >= 0.6 is 0 Å². The molecule has 0 heterocycles. The van der Waals surface area contributed by atoms with Gasteiger partial charge in [-0.15, -0.1) is 0 Å². The predicted molar refractivity (Wildman–Crippen MR) is 67.8 cm³/mol. The van der Waals surface area contributed by atoms with Crippen molar-refractivity contribution in [1.82, 2.24) is 0 Å². The van der Waals surface area contributed by atoms with Crippen LogP contribution in [0.4, 0.5) is 0 Å². The first kappa shape index (κ1) is 16.3. The van der Waals surface area contributed by atoms with Gasteiger partial charge in [0, 0.05) is 0 Å². The van der Waals surface area contributed by atoms with Crippen LogP contribution in [0.1, 0.15) is 0 Å². The van der Waals surface area contributed by atoms with Gasteiger partial charge >= 0.3 is 17.9 Å². The van der Waals surface area contributed by atoms with Crippen LogP contribution in [0, 0.1) is 0 Å². The summed E-state index contributed by atoms with van der Waals surface area (Å²) in [4.78, 5) is 35.4. The van der Waals surface area contributed by atoms with E-state index in [0.717, 1.165) is 34.5 Å². The van der Waals surface area contributed by atoms with E-state index in [1.807, 2.05) is 0 Å². The van der Waals surface area contributed by atoms with E-state index in [-0.39, 0.29) is 22.3 Å². The lowest BCUT2D eigenvalue weighted by Gasteiger charge is -2.08. The lowest BCUT2D eigenvalue weighted by molar-refractivity contribution is -0.140. The average Bonchev–Trinajstić information content (AvgIpc) is 2.91. The number of hydrogen-bond donors (Lipinski definition) is 1. The Hall–Kier alpha value is -2.77. The van der Waals surface area contributed by atoms with E-state index in [2.05, 4.69) is 18.9 Å². The molecular weight excluding hydrogens is 284 g/mol. The van der Waals surface area contributed by atoms with Crippen molar-refractivity contribution in [2.24, 2.45) is 0 Å². The molecule has 1 aliphatic carbocycles. The third kappa shape index (κ3) is 2.88. The van der Waals surface area contributed by atoms with Gasteiger partial charge in [0.15, 0.2) is 0 Å². The quantitative estimate of drug-likeness (QED) is 0.444. The molecule has 0 saturated heterocycles. The summed E-state index contributed by atoms with van der Waals surface area (Å²) in [5.74, 6) is -3.43. The summed E-state index contributed by atoms with van der Waals surface area (Å²) < 4.78 is 18.3. The molecule has 0 atom stereocenters. The first-order valence-electron chi connectivity index (χ1n) is 5.61. The fourth-order valence-electron chi connectivity index (χ4n) is 1.74. The molecule has 0 saturated carbocycles. The molecule has 1 aliphatic rings. The maximum atomic E-state index is 11.9. The highest BCUT2D eigenvalue weighted by Crippen LogP contribution is 2.34. The van der Waals surface area contributed by atoms with E-state index in [1.54, 1.807) is 0 Å². The number of hydrogen-bond acceptors (Lipinski definition) is 8. The fraction of sp³-hybridized carbons (Fsp3) is 0.308. The van der Waals surface area contributed by atoms with Crippen molar-refractivity contribution in [3.8, 4) is 0 Å². The number of methoxy groups -OCH3 is 4. The lowest BCUT2D eigenvalue weighted by Crippen LogP contribution is -2.17. The van der Waals surface area contributed by atoms with Gasteiger partial charge in [-0.05, 0) is 6.08 Å². The SMILES string of the molecule is COC(=O)C1=C/C(=C(/O)OC)C(C(=O)OC)=C1C(=O)OC. The Balaban J connectivity index is 3.67. The van der Waals surface area contributed by atoms with Crippen LogP contribution in [0.25, 0.3) is 0 Å². The average molecular weight is 298 g/mol.